The molecule has 2 aromatic carbocycles. The van der Waals surface area contributed by atoms with Gasteiger partial charge in [-0.15, -0.1) is 0 Å². The van der Waals surface area contributed by atoms with E-state index in [0.29, 0.717) is 5.92 Å². The first-order valence-corrected chi connectivity index (χ1v) is 7.63. The molecule has 0 amide bonds. The maximum atomic E-state index is 3.53. The second-order valence-electron chi connectivity index (χ2n) is 5.65. The van der Waals surface area contributed by atoms with Crippen LogP contribution in [0, 0.1) is 0 Å². The fraction of sp³-hybridized carbons (Fsp3) is 0.368. The van der Waals surface area contributed by atoms with Crippen LogP contribution in [0.1, 0.15) is 43.7 Å². The number of benzene rings is 2. The average molecular weight is 267 g/mol. The number of hydrogen-bond donors (Lipinski definition) is 1. The number of nitrogens with one attached hydrogen (secondary N) is 1. The molecule has 1 heteroatoms. The predicted molar refractivity (Wildman–Crippen MR) is 88.4 cm³/mol. The van der Waals surface area contributed by atoms with Gasteiger partial charge in [0.1, 0.15) is 0 Å². The summed E-state index contributed by atoms with van der Waals surface area (Å²) in [7, 11) is 0. The van der Waals surface area contributed by atoms with E-state index >= 15 is 0 Å². The number of unbranched alkanes of at least 4 members (excludes halogenated alkanes) is 1. The smallest absolute Gasteiger partial charge is 0.0343 e. The molecule has 2 aromatic rings. The maximum absolute atomic E-state index is 3.53. The van der Waals surface area contributed by atoms with E-state index in [1.807, 2.05) is 0 Å². The Kier molecular flexibility index (Phi) is 5.67. The summed E-state index contributed by atoms with van der Waals surface area (Å²) in [6, 6.07) is 19.5. The van der Waals surface area contributed by atoms with Crippen LogP contribution >= 0.6 is 0 Å². The van der Waals surface area contributed by atoms with Gasteiger partial charge in [0.25, 0.3) is 0 Å². The van der Waals surface area contributed by atoms with Gasteiger partial charge < -0.3 is 5.32 Å². The Balaban J connectivity index is 1.69. The summed E-state index contributed by atoms with van der Waals surface area (Å²) < 4.78 is 0. The minimum atomic E-state index is 0.592. The number of rotatable bonds is 7. The quantitative estimate of drug-likeness (QED) is 0.676. The number of anilines is 1. The van der Waals surface area contributed by atoms with Crippen molar-refractivity contribution in [3.05, 3.63) is 65.7 Å². The Labute approximate surface area is 123 Å². The van der Waals surface area contributed by atoms with Crippen LogP contribution in [0.3, 0.4) is 0 Å². The maximum Gasteiger partial charge on any atom is 0.0343 e. The van der Waals surface area contributed by atoms with Gasteiger partial charge >= 0.3 is 0 Å². The first kappa shape index (κ1) is 14.6. The van der Waals surface area contributed by atoms with Crippen LogP contribution in [0.2, 0.25) is 0 Å². The van der Waals surface area contributed by atoms with Crippen molar-refractivity contribution in [2.75, 3.05) is 11.9 Å². The Bertz CT molecular complexity index is 502. The van der Waals surface area contributed by atoms with Crippen molar-refractivity contribution in [2.45, 2.75) is 39.0 Å². The third-order valence-corrected chi connectivity index (χ3v) is 3.62. The summed E-state index contributed by atoms with van der Waals surface area (Å²) in [4.78, 5) is 0. The summed E-state index contributed by atoms with van der Waals surface area (Å²) in [5.41, 5.74) is 4.09. The highest BCUT2D eigenvalue weighted by atomic mass is 14.9. The van der Waals surface area contributed by atoms with Crippen molar-refractivity contribution >= 4 is 5.69 Å². The molecule has 0 bridgehead atoms. The van der Waals surface area contributed by atoms with Crippen molar-refractivity contribution in [3.63, 3.8) is 0 Å². The zero-order valence-electron chi connectivity index (χ0n) is 12.6. The number of aryl methyl sites for hydroxylation is 1. The van der Waals surface area contributed by atoms with E-state index in [4.69, 9.17) is 0 Å². The van der Waals surface area contributed by atoms with Gasteiger partial charge in [0.2, 0.25) is 0 Å². The molecule has 106 valence electrons. The second kappa shape index (κ2) is 7.74. The van der Waals surface area contributed by atoms with E-state index in [0.717, 1.165) is 6.54 Å². The lowest BCUT2D eigenvalue weighted by Crippen LogP contribution is -2.02. The highest BCUT2D eigenvalue weighted by Crippen LogP contribution is 2.18. The molecule has 2 rings (SSSR count). The summed E-state index contributed by atoms with van der Waals surface area (Å²) >= 11 is 0. The highest BCUT2D eigenvalue weighted by Gasteiger charge is 1.99. The van der Waals surface area contributed by atoms with E-state index in [1.54, 1.807) is 0 Å². The predicted octanol–water partition coefficient (Wildman–Crippen LogP) is 5.24. The van der Waals surface area contributed by atoms with Gasteiger partial charge in [0.05, 0.1) is 0 Å². The lowest BCUT2D eigenvalue weighted by atomic mass is 10.0. The van der Waals surface area contributed by atoms with E-state index in [9.17, 15) is 0 Å². The van der Waals surface area contributed by atoms with Gasteiger partial charge in [-0.2, -0.15) is 0 Å². The molecule has 0 aromatic heterocycles. The van der Waals surface area contributed by atoms with Gasteiger partial charge in [-0.25, -0.2) is 0 Å². The van der Waals surface area contributed by atoms with Crippen LogP contribution in [-0.2, 0) is 6.42 Å². The number of hydrogen-bond acceptors (Lipinski definition) is 1. The normalized spacial score (nSPS) is 10.8. The molecule has 0 heterocycles. The fourth-order valence-corrected chi connectivity index (χ4v) is 2.34. The van der Waals surface area contributed by atoms with Crippen molar-refractivity contribution in [2.24, 2.45) is 0 Å². The van der Waals surface area contributed by atoms with Gasteiger partial charge in [0.15, 0.2) is 0 Å². The molecule has 0 aliphatic rings. The molecule has 0 spiro atoms. The third kappa shape index (κ3) is 4.73. The Morgan fingerprint density at radius 3 is 2.45 bits per heavy atom. The van der Waals surface area contributed by atoms with Crippen molar-refractivity contribution in [1.29, 1.82) is 0 Å². The van der Waals surface area contributed by atoms with E-state index in [-0.39, 0.29) is 0 Å². The molecular weight excluding hydrogens is 242 g/mol. The lowest BCUT2D eigenvalue weighted by molar-refractivity contribution is 0.763. The molecule has 1 N–H and O–H groups in total. The molecule has 0 unspecified atom stereocenters. The Hall–Kier alpha value is -1.76. The summed E-state index contributed by atoms with van der Waals surface area (Å²) in [5, 5.41) is 3.53. The molecule has 20 heavy (non-hydrogen) atoms. The zero-order chi connectivity index (χ0) is 14.2. The van der Waals surface area contributed by atoms with E-state index in [1.165, 1.54) is 36.1 Å². The van der Waals surface area contributed by atoms with Crippen LogP contribution in [0.5, 0.6) is 0 Å². The van der Waals surface area contributed by atoms with Crippen molar-refractivity contribution < 1.29 is 0 Å². The minimum absolute atomic E-state index is 0.592. The molecule has 0 saturated carbocycles. The van der Waals surface area contributed by atoms with Gasteiger partial charge in [-0.1, -0.05) is 56.3 Å². The third-order valence-electron chi connectivity index (χ3n) is 3.62. The molecule has 0 aliphatic carbocycles. The fourth-order valence-electron chi connectivity index (χ4n) is 2.34. The van der Waals surface area contributed by atoms with E-state index < -0.39 is 0 Å². The second-order valence-corrected chi connectivity index (χ2v) is 5.65. The summed E-state index contributed by atoms with van der Waals surface area (Å²) in [6.07, 6.45) is 3.62. The molecule has 0 fully saturated rings. The Morgan fingerprint density at radius 2 is 1.70 bits per heavy atom. The van der Waals surface area contributed by atoms with E-state index in [2.05, 4.69) is 73.8 Å². The molecule has 0 saturated heterocycles. The highest BCUT2D eigenvalue weighted by molar-refractivity contribution is 5.46. The Morgan fingerprint density at radius 1 is 0.900 bits per heavy atom. The average Bonchev–Trinajstić information content (AvgIpc) is 2.48. The largest absolute Gasteiger partial charge is 0.385 e. The molecule has 1 nitrogen and oxygen atoms in total. The topological polar surface area (TPSA) is 12.0 Å². The standard InChI is InChI=1S/C19H25N/c1-16(2)18-12-8-13-19(15-18)20-14-7-6-11-17-9-4-3-5-10-17/h3-5,8-10,12-13,15-16,20H,6-7,11,14H2,1-2H3. The minimum Gasteiger partial charge on any atom is -0.385 e. The van der Waals surface area contributed by atoms with Crippen LogP contribution in [0.25, 0.3) is 0 Å². The van der Waals surface area contributed by atoms with Gasteiger partial charge in [-0.3, -0.25) is 0 Å². The lowest BCUT2D eigenvalue weighted by Gasteiger charge is -2.10. The van der Waals surface area contributed by atoms with Crippen molar-refractivity contribution in [1.82, 2.24) is 0 Å². The molecule has 0 aliphatic heterocycles. The van der Waals surface area contributed by atoms with Crippen LogP contribution in [0.15, 0.2) is 54.6 Å². The SMILES string of the molecule is CC(C)c1cccc(NCCCCc2ccccc2)c1. The molecule has 0 atom stereocenters. The summed E-state index contributed by atoms with van der Waals surface area (Å²) in [6.45, 7) is 5.52. The monoisotopic (exact) mass is 267 g/mol. The van der Waals surface area contributed by atoms with Crippen LogP contribution in [0.4, 0.5) is 5.69 Å². The molecular formula is C19H25N. The van der Waals surface area contributed by atoms with Gasteiger partial charge in [0, 0.05) is 12.2 Å². The zero-order valence-corrected chi connectivity index (χ0v) is 12.6. The first-order chi connectivity index (χ1) is 9.75. The summed E-state index contributed by atoms with van der Waals surface area (Å²) in [5.74, 6) is 0.592. The van der Waals surface area contributed by atoms with Crippen LogP contribution < -0.4 is 5.32 Å². The van der Waals surface area contributed by atoms with Crippen molar-refractivity contribution in [3.8, 4) is 0 Å². The first-order valence-electron chi connectivity index (χ1n) is 7.63. The van der Waals surface area contributed by atoms with Gasteiger partial charge in [-0.05, 0) is 48.4 Å². The van der Waals surface area contributed by atoms with Crippen LogP contribution in [-0.4, -0.2) is 6.54 Å². The molecule has 0 radical (unpaired) electrons.